The third-order valence-electron chi connectivity index (χ3n) is 3.62. The lowest BCUT2D eigenvalue weighted by molar-refractivity contribution is -0.113. The third kappa shape index (κ3) is 5.36. The summed E-state index contributed by atoms with van der Waals surface area (Å²) in [5, 5.41) is 21.0. The van der Waals surface area contributed by atoms with Crippen LogP contribution in [0.1, 0.15) is 0 Å². The molecular formula is C18H14Cl2N6OS2. The van der Waals surface area contributed by atoms with Crippen molar-refractivity contribution in [1.82, 2.24) is 14.9 Å². The zero-order chi connectivity index (χ0) is 20.8. The number of nitrogens with one attached hydrogen (secondary N) is 1. The number of nitrogen functional groups attached to an aromatic ring is 1. The van der Waals surface area contributed by atoms with Crippen LogP contribution >= 0.6 is 46.7 Å². The number of nitrogens with zero attached hydrogens (tertiary/aromatic N) is 4. The molecule has 2 aromatic carbocycles. The number of hydrogen-bond acceptors (Lipinski definition) is 7. The first kappa shape index (κ1) is 21.3. The van der Waals surface area contributed by atoms with Crippen molar-refractivity contribution in [3.8, 4) is 17.5 Å². The van der Waals surface area contributed by atoms with Crippen LogP contribution in [-0.4, -0.2) is 32.3 Å². The van der Waals surface area contributed by atoms with Crippen LogP contribution in [0, 0.1) is 11.3 Å². The minimum absolute atomic E-state index is 0.0792. The maximum atomic E-state index is 12.4. The smallest absolute Gasteiger partial charge is 0.234 e. The number of hydrogen-bond donors (Lipinski definition) is 2. The second-order valence-corrected chi connectivity index (χ2v) is 8.38. The summed E-state index contributed by atoms with van der Waals surface area (Å²) in [6.07, 6.45) is 0. The molecule has 7 nitrogen and oxygen atoms in total. The summed E-state index contributed by atoms with van der Waals surface area (Å²) in [5.74, 6) is 6.57. The number of nitriles is 1. The molecule has 0 aliphatic heterocycles. The zero-order valence-corrected chi connectivity index (χ0v) is 17.9. The van der Waals surface area contributed by atoms with Gasteiger partial charge in [-0.05, 0) is 30.3 Å². The van der Waals surface area contributed by atoms with E-state index < -0.39 is 0 Å². The van der Waals surface area contributed by atoms with E-state index in [4.69, 9.17) is 34.3 Å². The van der Waals surface area contributed by atoms with Crippen molar-refractivity contribution in [1.29, 1.82) is 5.26 Å². The molecule has 1 amide bonds. The Balaban J connectivity index is 1.67. The molecule has 1 heterocycles. The van der Waals surface area contributed by atoms with Gasteiger partial charge in [-0.25, -0.2) is 4.68 Å². The highest BCUT2D eigenvalue weighted by Gasteiger charge is 2.17. The highest BCUT2D eigenvalue weighted by atomic mass is 35.5. The van der Waals surface area contributed by atoms with E-state index in [-0.39, 0.29) is 11.7 Å². The van der Waals surface area contributed by atoms with Crippen molar-refractivity contribution in [2.45, 2.75) is 10.1 Å². The molecule has 0 spiro atoms. The highest BCUT2D eigenvalue weighted by Crippen LogP contribution is 2.31. The van der Waals surface area contributed by atoms with Crippen LogP contribution in [0.25, 0.3) is 11.4 Å². The number of benzene rings is 2. The number of anilines is 1. The quantitative estimate of drug-likeness (QED) is 0.395. The Kier molecular flexibility index (Phi) is 7.28. The van der Waals surface area contributed by atoms with Gasteiger partial charge >= 0.3 is 0 Å². The van der Waals surface area contributed by atoms with E-state index in [9.17, 15) is 4.79 Å². The maximum Gasteiger partial charge on any atom is 0.234 e. The highest BCUT2D eigenvalue weighted by molar-refractivity contribution is 8.00. The standard InChI is InChI=1S/C18H14Cl2N6OS2/c19-11-5-6-13(20)12(9-11)17-24-25-18(26(17)22)29-10-16(27)23-14-3-1-2-4-15(14)28-8-7-21/h1-6,9H,8,10,22H2,(H,23,27). The van der Waals surface area contributed by atoms with Gasteiger partial charge in [0.25, 0.3) is 0 Å². The van der Waals surface area contributed by atoms with Crippen LogP contribution in [0.4, 0.5) is 5.69 Å². The summed E-state index contributed by atoms with van der Waals surface area (Å²) in [4.78, 5) is 13.2. The number of carbonyl (C=O) groups is 1. The number of carbonyl (C=O) groups excluding carboxylic acids is 1. The van der Waals surface area contributed by atoms with Crippen LogP contribution < -0.4 is 11.2 Å². The van der Waals surface area contributed by atoms with Gasteiger partial charge < -0.3 is 11.2 Å². The molecule has 3 N–H and O–H groups in total. The van der Waals surface area contributed by atoms with Gasteiger partial charge in [0, 0.05) is 15.5 Å². The van der Waals surface area contributed by atoms with Crippen LogP contribution in [-0.2, 0) is 4.79 Å². The van der Waals surface area contributed by atoms with Gasteiger partial charge in [-0.2, -0.15) is 5.26 Å². The number of thioether (sulfide) groups is 2. The van der Waals surface area contributed by atoms with Crippen molar-refractivity contribution < 1.29 is 4.79 Å². The van der Waals surface area contributed by atoms with E-state index in [1.807, 2.05) is 18.2 Å². The molecule has 11 heteroatoms. The Morgan fingerprint density at radius 1 is 1.21 bits per heavy atom. The summed E-state index contributed by atoms with van der Waals surface area (Å²) < 4.78 is 1.27. The van der Waals surface area contributed by atoms with Crippen LogP contribution in [0.2, 0.25) is 10.0 Å². The van der Waals surface area contributed by atoms with Gasteiger partial charge in [-0.3, -0.25) is 4.79 Å². The number of halogens is 2. The van der Waals surface area contributed by atoms with Crippen LogP contribution in [0.15, 0.2) is 52.5 Å². The molecule has 0 aliphatic carbocycles. The molecule has 148 valence electrons. The zero-order valence-electron chi connectivity index (χ0n) is 14.8. The number of rotatable bonds is 7. The van der Waals surface area contributed by atoms with Crippen molar-refractivity contribution in [3.05, 3.63) is 52.5 Å². The molecular weight excluding hydrogens is 451 g/mol. The van der Waals surface area contributed by atoms with E-state index in [1.54, 1.807) is 24.3 Å². The van der Waals surface area contributed by atoms with Gasteiger partial charge in [0.05, 0.1) is 28.3 Å². The molecule has 3 rings (SSSR count). The minimum atomic E-state index is -0.231. The summed E-state index contributed by atoms with van der Waals surface area (Å²) in [6, 6.07) is 14.3. The molecule has 29 heavy (non-hydrogen) atoms. The van der Waals surface area contributed by atoms with Crippen molar-refractivity contribution >= 4 is 58.3 Å². The first-order chi connectivity index (χ1) is 14.0. The summed E-state index contributed by atoms with van der Waals surface area (Å²) in [5.41, 5.74) is 1.20. The van der Waals surface area contributed by atoms with Crippen molar-refractivity contribution in [3.63, 3.8) is 0 Å². The number of nitrogens with two attached hydrogens (primary N) is 1. The van der Waals surface area contributed by atoms with Gasteiger partial charge in [-0.1, -0.05) is 47.1 Å². The van der Waals surface area contributed by atoms with Gasteiger partial charge in [0.1, 0.15) is 0 Å². The van der Waals surface area contributed by atoms with E-state index in [0.29, 0.717) is 38.0 Å². The fourth-order valence-corrected chi connectivity index (χ4v) is 4.05. The molecule has 0 atom stereocenters. The van der Waals surface area contributed by atoms with E-state index >= 15 is 0 Å². The molecule has 0 bridgehead atoms. The first-order valence-electron chi connectivity index (χ1n) is 8.17. The third-order valence-corrected chi connectivity index (χ3v) is 6.07. The molecule has 0 saturated carbocycles. The molecule has 0 radical (unpaired) electrons. The van der Waals surface area contributed by atoms with Gasteiger partial charge in [0.15, 0.2) is 5.82 Å². The van der Waals surface area contributed by atoms with Gasteiger partial charge in [-0.15, -0.1) is 22.0 Å². The lowest BCUT2D eigenvalue weighted by Crippen LogP contribution is -2.16. The SMILES string of the molecule is N#CCSc1ccccc1NC(=O)CSc1nnc(-c2cc(Cl)ccc2Cl)n1N. The first-order valence-corrected chi connectivity index (χ1v) is 10.9. The molecule has 0 fully saturated rings. The Bertz CT molecular complexity index is 1080. The average Bonchev–Trinajstić information content (AvgIpc) is 3.08. The van der Waals surface area contributed by atoms with Crippen molar-refractivity contribution in [2.75, 3.05) is 22.7 Å². The molecule has 0 saturated heterocycles. The topological polar surface area (TPSA) is 110 Å². The second kappa shape index (κ2) is 9.89. The fraction of sp³-hybridized carbons (Fsp3) is 0.111. The Morgan fingerprint density at radius 3 is 2.79 bits per heavy atom. The molecule has 3 aromatic rings. The molecule has 0 unspecified atom stereocenters. The van der Waals surface area contributed by atoms with E-state index in [1.165, 1.54) is 16.4 Å². The lowest BCUT2D eigenvalue weighted by atomic mass is 10.2. The average molecular weight is 465 g/mol. The number of para-hydroxylation sites is 1. The maximum absolute atomic E-state index is 12.4. The predicted octanol–water partition coefficient (Wildman–Crippen LogP) is 4.31. The van der Waals surface area contributed by atoms with Crippen LogP contribution in [0.3, 0.4) is 0 Å². The Hall–Kier alpha value is -2.38. The van der Waals surface area contributed by atoms with E-state index in [2.05, 4.69) is 21.6 Å². The van der Waals surface area contributed by atoms with Gasteiger partial charge in [0.2, 0.25) is 11.1 Å². The van der Waals surface area contributed by atoms with Crippen molar-refractivity contribution in [2.24, 2.45) is 0 Å². The normalized spacial score (nSPS) is 10.5. The molecule has 0 aliphatic rings. The lowest BCUT2D eigenvalue weighted by Gasteiger charge is -2.09. The Labute approximate surface area is 185 Å². The largest absolute Gasteiger partial charge is 0.335 e. The summed E-state index contributed by atoms with van der Waals surface area (Å²) >= 11 is 14.7. The molecule has 1 aromatic heterocycles. The number of aromatic nitrogens is 3. The monoisotopic (exact) mass is 464 g/mol. The second-order valence-electron chi connectivity index (χ2n) is 5.58. The minimum Gasteiger partial charge on any atom is -0.335 e. The Morgan fingerprint density at radius 2 is 2.00 bits per heavy atom. The predicted molar refractivity (Wildman–Crippen MR) is 118 cm³/mol. The van der Waals surface area contributed by atoms with Crippen LogP contribution in [0.5, 0.6) is 0 Å². The summed E-state index contributed by atoms with van der Waals surface area (Å²) in [6.45, 7) is 0. The summed E-state index contributed by atoms with van der Waals surface area (Å²) in [7, 11) is 0. The fourth-order valence-electron chi connectivity index (χ4n) is 2.35. The number of amides is 1. The van der Waals surface area contributed by atoms with E-state index in [0.717, 1.165) is 16.7 Å².